The number of para-hydroxylation sites is 3. The maximum Gasteiger partial charge on any atom is 0.245 e. The van der Waals surface area contributed by atoms with Crippen molar-refractivity contribution in [1.29, 1.82) is 0 Å². The minimum atomic E-state index is -0.534. The molecule has 0 saturated carbocycles. The molecule has 0 aromatic heterocycles. The van der Waals surface area contributed by atoms with Crippen LogP contribution in [0.3, 0.4) is 0 Å². The highest BCUT2D eigenvalue weighted by Crippen LogP contribution is 2.22. The average Bonchev–Trinajstić information content (AvgIpc) is 2.59. The average molecular weight is 306 g/mol. The Morgan fingerprint density at radius 3 is 1.65 bits per heavy atom. The molecule has 0 heterocycles. The lowest BCUT2D eigenvalue weighted by molar-refractivity contribution is 0.00625. The Bertz CT molecular complexity index is 685. The van der Waals surface area contributed by atoms with Crippen LogP contribution in [0.25, 0.3) is 0 Å². The number of hydrogen-bond donors (Lipinski definition) is 1. The van der Waals surface area contributed by atoms with E-state index < -0.39 is 6.29 Å². The van der Waals surface area contributed by atoms with Gasteiger partial charge in [0.1, 0.15) is 17.2 Å². The predicted octanol–water partition coefficient (Wildman–Crippen LogP) is 4.42. The molecule has 0 aliphatic heterocycles. The zero-order valence-electron chi connectivity index (χ0n) is 12.6. The Labute approximate surface area is 135 Å². The van der Waals surface area contributed by atoms with Gasteiger partial charge in [-0.25, -0.2) is 0 Å². The number of phenolic OH excluding ortho intramolecular Hbond substituents is 1. The number of hydrogen-bond acceptors (Lipinski definition) is 3. The van der Waals surface area contributed by atoms with Gasteiger partial charge in [0.25, 0.3) is 0 Å². The van der Waals surface area contributed by atoms with E-state index in [4.69, 9.17) is 9.47 Å². The van der Waals surface area contributed by atoms with Crippen LogP contribution in [-0.2, 0) is 6.42 Å². The highest BCUT2D eigenvalue weighted by atomic mass is 16.7. The van der Waals surface area contributed by atoms with E-state index in [2.05, 4.69) is 0 Å². The van der Waals surface area contributed by atoms with E-state index in [0.29, 0.717) is 6.42 Å². The summed E-state index contributed by atoms with van der Waals surface area (Å²) in [5.41, 5.74) is 0.782. The second-order valence-corrected chi connectivity index (χ2v) is 5.12. The summed E-state index contributed by atoms with van der Waals surface area (Å²) in [5.74, 6) is 1.69. The van der Waals surface area contributed by atoms with Crippen molar-refractivity contribution in [3.8, 4) is 17.2 Å². The molecule has 0 unspecified atom stereocenters. The van der Waals surface area contributed by atoms with Crippen LogP contribution in [0.1, 0.15) is 5.56 Å². The zero-order chi connectivity index (χ0) is 15.9. The minimum Gasteiger partial charge on any atom is -0.508 e. The first-order valence-electron chi connectivity index (χ1n) is 7.51. The predicted molar refractivity (Wildman–Crippen MR) is 89.7 cm³/mol. The van der Waals surface area contributed by atoms with Crippen LogP contribution in [0, 0.1) is 0 Å². The molecule has 0 amide bonds. The molecule has 3 nitrogen and oxygen atoms in total. The molecule has 0 fully saturated rings. The summed E-state index contributed by atoms with van der Waals surface area (Å²) in [6.45, 7) is 0. The summed E-state index contributed by atoms with van der Waals surface area (Å²) in [5, 5.41) is 9.98. The van der Waals surface area contributed by atoms with Crippen molar-refractivity contribution < 1.29 is 14.6 Å². The largest absolute Gasteiger partial charge is 0.508 e. The normalized spacial score (nSPS) is 10.5. The van der Waals surface area contributed by atoms with E-state index in [1.165, 1.54) is 0 Å². The summed E-state index contributed by atoms with van der Waals surface area (Å²) in [6.07, 6.45) is -0.0932. The van der Waals surface area contributed by atoms with Gasteiger partial charge < -0.3 is 14.6 Å². The van der Waals surface area contributed by atoms with Crippen molar-refractivity contribution >= 4 is 0 Å². The zero-order valence-corrected chi connectivity index (χ0v) is 12.6. The Hall–Kier alpha value is -2.94. The lowest BCUT2D eigenvalue weighted by Crippen LogP contribution is -2.26. The van der Waals surface area contributed by atoms with Crippen molar-refractivity contribution in [3.63, 3.8) is 0 Å². The van der Waals surface area contributed by atoms with Crippen LogP contribution < -0.4 is 9.47 Å². The number of phenols is 1. The second-order valence-electron chi connectivity index (χ2n) is 5.12. The third kappa shape index (κ3) is 4.27. The maximum absolute atomic E-state index is 9.98. The van der Waals surface area contributed by atoms with E-state index >= 15 is 0 Å². The van der Waals surface area contributed by atoms with Crippen molar-refractivity contribution in [1.82, 2.24) is 0 Å². The molecule has 0 spiro atoms. The molecule has 116 valence electrons. The SMILES string of the molecule is Oc1ccccc1CC(Oc1ccccc1)Oc1ccccc1. The first-order chi connectivity index (χ1) is 11.3. The molecule has 3 aromatic carbocycles. The second kappa shape index (κ2) is 7.36. The van der Waals surface area contributed by atoms with E-state index in [1.807, 2.05) is 72.8 Å². The Morgan fingerprint density at radius 1 is 0.652 bits per heavy atom. The fraction of sp³-hybridized carbons (Fsp3) is 0.100. The molecule has 0 saturated heterocycles. The molecular weight excluding hydrogens is 288 g/mol. The summed E-state index contributed by atoms with van der Waals surface area (Å²) in [4.78, 5) is 0. The Morgan fingerprint density at radius 2 is 1.13 bits per heavy atom. The van der Waals surface area contributed by atoms with Gasteiger partial charge in [-0.3, -0.25) is 0 Å². The van der Waals surface area contributed by atoms with Crippen LogP contribution in [0.15, 0.2) is 84.9 Å². The summed E-state index contributed by atoms with van der Waals surface area (Å²) in [6, 6.07) is 26.2. The van der Waals surface area contributed by atoms with Crippen LogP contribution in [-0.4, -0.2) is 11.4 Å². The van der Waals surface area contributed by atoms with Crippen LogP contribution >= 0.6 is 0 Å². The summed E-state index contributed by atoms with van der Waals surface area (Å²) < 4.78 is 11.9. The van der Waals surface area contributed by atoms with Gasteiger partial charge >= 0.3 is 0 Å². The molecule has 3 aromatic rings. The van der Waals surface area contributed by atoms with Crippen LogP contribution in [0.5, 0.6) is 17.2 Å². The molecule has 0 bridgehead atoms. The highest BCUT2D eigenvalue weighted by Gasteiger charge is 2.15. The van der Waals surface area contributed by atoms with E-state index in [1.54, 1.807) is 12.1 Å². The molecule has 1 N–H and O–H groups in total. The van der Waals surface area contributed by atoms with Gasteiger partial charge in [0.05, 0.1) is 6.42 Å². The van der Waals surface area contributed by atoms with Crippen molar-refractivity contribution in [3.05, 3.63) is 90.5 Å². The standard InChI is InChI=1S/C20H18O3/c21-19-14-8-7-9-16(19)15-20(22-17-10-3-1-4-11-17)23-18-12-5-2-6-13-18/h1-14,20-21H,15H2. The highest BCUT2D eigenvalue weighted by molar-refractivity contribution is 5.32. The molecule has 0 radical (unpaired) electrons. The molecule has 0 aliphatic rings. The van der Waals surface area contributed by atoms with Gasteiger partial charge in [-0.2, -0.15) is 0 Å². The van der Waals surface area contributed by atoms with E-state index in [0.717, 1.165) is 17.1 Å². The van der Waals surface area contributed by atoms with E-state index in [-0.39, 0.29) is 5.75 Å². The van der Waals surface area contributed by atoms with Crippen molar-refractivity contribution in [2.24, 2.45) is 0 Å². The summed E-state index contributed by atoms with van der Waals surface area (Å²) in [7, 11) is 0. The number of ether oxygens (including phenoxy) is 2. The minimum absolute atomic E-state index is 0.242. The van der Waals surface area contributed by atoms with Gasteiger partial charge in [0, 0.05) is 5.56 Å². The number of rotatable bonds is 6. The molecule has 23 heavy (non-hydrogen) atoms. The monoisotopic (exact) mass is 306 g/mol. The molecule has 0 aliphatic carbocycles. The van der Waals surface area contributed by atoms with Gasteiger partial charge in [-0.15, -0.1) is 0 Å². The maximum atomic E-state index is 9.98. The smallest absolute Gasteiger partial charge is 0.245 e. The molecule has 0 atom stereocenters. The Kier molecular flexibility index (Phi) is 4.79. The molecule has 3 rings (SSSR count). The third-order valence-electron chi connectivity index (χ3n) is 3.40. The van der Waals surface area contributed by atoms with Crippen LogP contribution in [0.2, 0.25) is 0 Å². The first-order valence-corrected chi connectivity index (χ1v) is 7.51. The van der Waals surface area contributed by atoms with Crippen molar-refractivity contribution in [2.45, 2.75) is 12.7 Å². The van der Waals surface area contributed by atoms with E-state index in [9.17, 15) is 5.11 Å². The van der Waals surface area contributed by atoms with Crippen molar-refractivity contribution in [2.75, 3.05) is 0 Å². The topological polar surface area (TPSA) is 38.7 Å². The molecule has 3 heteroatoms. The van der Waals surface area contributed by atoms with Gasteiger partial charge in [-0.1, -0.05) is 54.6 Å². The lowest BCUT2D eigenvalue weighted by atomic mass is 10.1. The quantitative estimate of drug-likeness (QED) is 0.685. The third-order valence-corrected chi connectivity index (χ3v) is 3.40. The first kappa shape index (κ1) is 15.0. The summed E-state index contributed by atoms with van der Waals surface area (Å²) >= 11 is 0. The van der Waals surface area contributed by atoms with Gasteiger partial charge in [0.15, 0.2) is 0 Å². The number of aromatic hydroxyl groups is 1. The fourth-order valence-corrected chi connectivity index (χ4v) is 2.27. The Balaban J connectivity index is 1.79. The van der Waals surface area contributed by atoms with Gasteiger partial charge in [-0.05, 0) is 30.3 Å². The fourth-order valence-electron chi connectivity index (χ4n) is 2.27. The lowest BCUT2D eigenvalue weighted by Gasteiger charge is -2.21. The molecular formula is C20H18O3. The van der Waals surface area contributed by atoms with Gasteiger partial charge in [0.2, 0.25) is 6.29 Å². The number of benzene rings is 3. The van der Waals surface area contributed by atoms with Crippen LogP contribution in [0.4, 0.5) is 0 Å².